The zero-order chi connectivity index (χ0) is 21.5. The third kappa shape index (κ3) is 5.64. The normalized spacial score (nSPS) is 13.5. The van der Waals surface area contributed by atoms with Crippen molar-refractivity contribution < 1.29 is 9.84 Å². The molecule has 0 saturated heterocycles. The van der Waals surface area contributed by atoms with E-state index in [4.69, 9.17) is 4.74 Å². The van der Waals surface area contributed by atoms with E-state index in [1.54, 1.807) is 0 Å². The standard InChI is InChI=1S/C26H31N3O2/c1-19(14-15-27-16-20-8-3-2-4-9-20)28-17-21(30)18-31-25-13-7-12-24-26(25)22-10-5-6-11-23(22)29-24/h2-13,19,21,27-30H,14-18H2,1H3. The van der Waals surface area contributed by atoms with Crippen LogP contribution in [-0.2, 0) is 6.54 Å². The Bertz CT molecular complexity index is 1090. The van der Waals surface area contributed by atoms with Crippen molar-refractivity contribution in [3.63, 3.8) is 0 Å². The number of hydrogen-bond acceptors (Lipinski definition) is 4. The van der Waals surface area contributed by atoms with E-state index in [0.717, 1.165) is 47.1 Å². The second-order valence-electron chi connectivity index (χ2n) is 8.07. The van der Waals surface area contributed by atoms with Crippen LogP contribution in [-0.4, -0.2) is 41.9 Å². The monoisotopic (exact) mass is 417 g/mol. The SMILES string of the molecule is CC(CCNCc1ccccc1)NCC(O)COc1cccc2[nH]c3ccccc3c12. The van der Waals surface area contributed by atoms with Crippen LogP contribution in [0, 0.1) is 0 Å². The van der Waals surface area contributed by atoms with Crippen LogP contribution in [0.5, 0.6) is 5.75 Å². The van der Waals surface area contributed by atoms with Crippen molar-refractivity contribution in [1.82, 2.24) is 15.6 Å². The van der Waals surface area contributed by atoms with Crippen LogP contribution >= 0.6 is 0 Å². The van der Waals surface area contributed by atoms with E-state index in [1.807, 2.05) is 36.4 Å². The molecule has 5 heteroatoms. The molecule has 1 aromatic heterocycles. The summed E-state index contributed by atoms with van der Waals surface area (Å²) >= 11 is 0. The van der Waals surface area contributed by atoms with Gasteiger partial charge in [0.05, 0.1) is 5.52 Å². The molecule has 0 saturated carbocycles. The summed E-state index contributed by atoms with van der Waals surface area (Å²) in [5, 5.41) is 19.5. The number of aromatic nitrogens is 1. The first kappa shape index (κ1) is 21.4. The van der Waals surface area contributed by atoms with E-state index in [2.05, 4.69) is 58.9 Å². The van der Waals surface area contributed by atoms with Gasteiger partial charge in [-0.25, -0.2) is 0 Å². The van der Waals surface area contributed by atoms with Crippen molar-refractivity contribution in [3.8, 4) is 5.75 Å². The highest BCUT2D eigenvalue weighted by atomic mass is 16.5. The lowest BCUT2D eigenvalue weighted by atomic mass is 10.1. The highest BCUT2D eigenvalue weighted by Crippen LogP contribution is 2.32. The summed E-state index contributed by atoms with van der Waals surface area (Å²) in [5.41, 5.74) is 3.43. The van der Waals surface area contributed by atoms with E-state index in [0.29, 0.717) is 12.6 Å². The Morgan fingerprint density at radius 3 is 2.58 bits per heavy atom. The lowest BCUT2D eigenvalue weighted by Crippen LogP contribution is -2.37. The number of benzene rings is 3. The molecule has 0 aliphatic carbocycles. The van der Waals surface area contributed by atoms with Gasteiger partial charge in [-0.3, -0.25) is 0 Å². The minimum atomic E-state index is -0.569. The van der Waals surface area contributed by atoms with Crippen LogP contribution in [0.4, 0.5) is 0 Å². The number of fused-ring (bicyclic) bond motifs is 3. The van der Waals surface area contributed by atoms with Crippen LogP contribution < -0.4 is 15.4 Å². The fourth-order valence-electron chi connectivity index (χ4n) is 3.82. The van der Waals surface area contributed by atoms with E-state index in [9.17, 15) is 5.11 Å². The van der Waals surface area contributed by atoms with Gasteiger partial charge in [0, 0.05) is 35.4 Å². The number of rotatable bonds is 11. The van der Waals surface area contributed by atoms with Crippen molar-refractivity contribution >= 4 is 21.8 Å². The molecule has 0 aliphatic heterocycles. The summed E-state index contributed by atoms with van der Waals surface area (Å²) in [6, 6.07) is 24.9. The minimum absolute atomic E-state index is 0.255. The number of aliphatic hydroxyl groups is 1. The lowest BCUT2D eigenvalue weighted by Gasteiger charge is -2.18. The quantitative estimate of drug-likeness (QED) is 0.276. The lowest BCUT2D eigenvalue weighted by molar-refractivity contribution is 0.104. The third-order valence-corrected chi connectivity index (χ3v) is 5.55. The molecule has 0 radical (unpaired) electrons. The maximum absolute atomic E-state index is 10.4. The van der Waals surface area contributed by atoms with Gasteiger partial charge >= 0.3 is 0 Å². The van der Waals surface area contributed by atoms with Crippen molar-refractivity contribution in [2.45, 2.75) is 32.0 Å². The van der Waals surface area contributed by atoms with Crippen molar-refractivity contribution in [2.24, 2.45) is 0 Å². The number of H-pyrrole nitrogens is 1. The molecule has 0 amide bonds. The van der Waals surface area contributed by atoms with Crippen molar-refractivity contribution in [2.75, 3.05) is 19.7 Å². The highest BCUT2D eigenvalue weighted by molar-refractivity contribution is 6.10. The zero-order valence-electron chi connectivity index (χ0n) is 18.0. The van der Waals surface area contributed by atoms with Gasteiger partial charge in [0.15, 0.2) is 0 Å². The van der Waals surface area contributed by atoms with Gasteiger partial charge in [-0.15, -0.1) is 0 Å². The smallest absolute Gasteiger partial charge is 0.129 e. The molecule has 2 atom stereocenters. The fourth-order valence-corrected chi connectivity index (χ4v) is 3.82. The summed E-state index contributed by atoms with van der Waals surface area (Å²) < 4.78 is 6.00. The van der Waals surface area contributed by atoms with Gasteiger partial charge in [-0.2, -0.15) is 0 Å². The number of para-hydroxylation sites is 1. The second-order valence-corrected chi connectivity index (χ2v) is 8.07. The molecule has 31 heavy (non-hydrogen) atoms. The molecular weight excluding hydrogens is 386 g/mol. The van der Waals surface area contributed by atoms with Gasteiger partial charge in [0.2, 0.25) is 0 Å². The Kier molecular flexibility index (Phi) is 7.20. The first-order valence-electron chi connectivity index (χ1n) is 11.0. The molecule has 4 aromatic rings. The van der Waals surface area contributed by atoms with Crippen LogP contribution in [0.1, 0.15) is 18.9 Å². The zero-order valence-corrected chi connectivity index (χ0v) is 18.0. The molecule has 0 spiro atoms. The molecule has 0 bridgehead atoms. The summed E-state index contributed by atoms with van der Waals surface area (Å²) in [6.07, 6.45) is 0.426. The summed E-state index contributed by atoms with van der Waals surface area (Å²) in [7, 11) is 0. The molecule has 0 aliphatic rings. The van der Waals surface area contributed by atoms with E-state index >= 15 is 0 Å². The Morgan fingerprint density at radius 2 is 1.71 bits per heavy atom. The summed E-state index contributed by atoms with van der Waals surface area (Å²) in [4.78, 5) is 3.42. The Hall–Kier alpha value is -2.86. The van der Waals surface area contributed by atoms with Crippen molar-refractivity contribution in [1.29, 1.82) is 0 Å². The molecule has 4 rings (SSSR count). The van der Waals surface area contributed by atoms with Gasteiger partial charge in [-0.05, 0) is 43.7 Å². The van der Waals surface area contributed by atoms with Gasteiger partial charge in [0.25, 0.3) is 0 Å². The molecule has 4 N–H and O–H groups in total. The van der Waals surface area contributed by atoms with E-state index < -0.39 is 6.10 Å². The molecule has 0 fully saturated rings. The van der Waals surface area contributed by atoms with E-state index in [1.165, 1.54) is 5.56 Å². The first-order valence-corrected chi connectivity index (χ1v) is 11.0. The van der Waals surface area contributed by atoms with Gasteiger partial charge in [0.1, 0.15) is 18.5 Å². The second kappa shape index (κ2) is 10.4. The number of aliphatic hydroxyl groups excluding tert-OH is 1. The van der Waals surface area contributed by atoms with Crippen LogP contribution in [0.3, 0.4) is 0 Å². The minimum Gasteiger partial charge on any atom is -0.490 e. The maximum Gasteiger partial charge on any atom is 0.129 e. The van der Waals surface area contributed by atoms with Gasteiger partial charge in [-0.1, -0.05) is 54.6 Å². The molecule has 3 aromatic carbocycles. The third-order valence-electron chi connectivity index (χ3n) is 5.55. The number of aromatic amines is 1. The molecule has 5 nitrogen and oxygen atoms in total. The topological polar surface area (TPSA) is 69.3 Å². The van der Waals surface area contributed by atoms with Crippen LogP contribution in [0.25, 0.3) is 21.8 Å². The molecule has 1 heterocycles. The Labute approximate surface area is 183 Å². The average molecular weight is 418 g/mol. The number of nitrogens with one attached hydrogen (secondary N) is 3. The number of hydrogen-bond donors (Lipinski definition) is 4. The van der Waals surface area contributed by atoms with Crippen molar-refractivity contribution in [3.05, 3.63) is 78.4 Å². The Balaban J connectivity index is 1.21. The largest absolute Gasteiger partial charge is 0.490 e. The maximum atomic E-state index is 10.4. The predicted octanol–water partition coefficient (Wildman–Crippen LogP) is 4.22. The molecule has 2 unspecified atom stereocenters. The predicted molar refractivity (Wildman–Crippen MR) is 128 cm³/mol. The summed E-state index contributed by atoms with van der Waals surface area (Å²) in [5.74, 6) is 0.798. The van der Waals surface area contributed by atoms with Gasteiger partial charge < -0.3 is 25.5 Å². The first-order chi connectivity index (χ1) is 15.2. The number of ether oxygens (including phenoxy) is 1. The average Bonchev–Trinajstić information content (AvgIpc) is 3.19. The Morgan fingerprint density at radius 1 is 0.935 bits per heavy atom. The molecule has 162 valence electrons. The highest BCUT2D eigenvalue weighted by Gasteiger charge is 2.12. The molecular formula is C26H31N3O2. The summed E-state index contributed by atoms with van der Waals surface area (Å²) in [6.45, 7) is 4.71. The van der Waals surface area contributed by atoms with E-state index in [-0.39, 0.29) is 6.61 Å². The van der Waals surface area contributed by atoms with Crippen LogP contribution in [0.15, 0.2) is 72.8 Å². The fraction of sp³-hybridized carbons (Fsp3) is 0.308. The van der Waals surface area contributed by atoms with Crippen LogP contribution in [0.2, 0.25) is 0 Å².